The van der Waals surface area contributed by atoms with E-state index < -0.39 is 5.97 Å². The molecule has 42 heavy (non-hydrogen) atoms. The van der Waals surface area contributed by atoms with E-state index in [1.165, 1.54) is 104 Å². The average Bonchev–Trinajstić information content (AvgIpc) is 3.03. The molecule has 1 saturated carbocycles. The van der Waals surface area contributed by atoms with Crippen molar-refractivity contribution in [2.75, 3.05) is 0 Å². The quantitative estimate of drug-likeness (QED) is 0.165. The Morgan fingerprint density at radius 3 is 1.88 bits per heavy atom. The zero-order chi connectivity index (χ0) is 29.6. The zero-order valence-corrected chi connectivity index (χ0v) is 26.3. The Morgan fingerprint density at radius 1 is 0.690 bits per heavy atom. The molecule has 4 rings (SSSR count). The van der Waals surface area contributed by atoms with Crippen molar-refractivity contribution in [3.8, 4) is 22.3 Å². The molecular weight excluding hydrogens is 512 g/mol. The van der Waals surface area contributed by atoms with Gasteiger partial charge in [-0.25, -0.2) is 0 Å². The van der Waals surface area contributed by atoms with Gasteiger partial charge in [0.2, 0.25) is 0 Å². The van der Waals surface area contributed by atoms with Crippen LogP contribution in [0, 0.1) is 11.8 Å². The van der Waals surface area contributed by atoms with E-state index >= 15 is 0 Å². The zero-order valence-electron chi connectivity index (χ0n) is 26.3. The molecule has 0 saturated heterocycles. The van der Waals surface area contributed by atoms with Crippen LogP contribution in [-0.2, 0) is 11.2 Å². The van der Waals surface area contributed by atoms with Gasteiger partial charge in [0.05, 0.1) is 5.92 Å². The van der Waals surface area contributed by atoms with Crippen molar-refractivity contribution in [1.82, 2.24) is 0 Å². The van der Waals surface area contributed by atoms with Crippen molar-refractivity contribution < 1.29 is 9.90 Å². The lowest BCUT2D eigenvalue weighted by Crippen LogP contribution is -2.13. The van der Waals surface area contributed by atoms with Crippen LogP contribution in [0.2, 0.25) is 0 Å². The predicted molar refractivity (Wildman–Crippen MR) is 179 cm³/mol. The summed E-state index contributed by atoms with van der Waals surface area (Å²) < 4.78 is 0. The Bertz CT molecular complexity index is 1190. The van der Waals surface area contributed by atoms with Crippen LogP contribution in [0.3, 0.4) is 0 Å². The SMILES string of the molecule is CCCCCCCC[C@H]1CC[C@H](c2ccc(-c3ccccc3-c3ccc(CCCC(CCC)C(=O)O)cc3)cc2)CC1. The summed E-state index contributed by atoms with van der Waals surface area (Å²) >= 11 is 0. The minimum absolute atomic E-state index is 0.211. The highest BCUT2D eigenvalue weighted by molar-refractivity contribution is 5.83. The van der Waals surface area contributed by atoms with Gasteiger partial charge in [-0.2, -0.15) is 0 Å². The molecule has 1 aliphatic carbocycles. The summed E-state index contributed by atoms with van der Waals surface area (Å²) in [6, 6.07) is 27.1. The molecule has 1 unspecified atom stereocenters. The van der Waals surface area contributed by atoms with Crippen LogP contribution in [0.5, 0.6) is 0 Å². The van der Waals surface area contributed by atoms with Crippen molar-refractivity contribution in [3.05, 3.63) is 83.9 Å². The van der Waals surface area contributed by atoms with Gasteiger partial charge < -0.3 is 5.11 Å². The highest BCUT2D eigenvalue weighted by Gasteiger charge is 2.22. The molecule has 0 aliphatic heterocycles. The molecule has 2 nitrogen and oxygen atoms in total. The molecule has 3 aromatic rings. The number of unbranched alkanes of at least 4 members (excludes halogenated alkanes) is 5. The van der Waals surface area contributed by atoms with Crippen LogP contribution in [-0.4, -0.2) is 11.1 Å². The second-order valence-corrected chi connectivity index (χ2v) is 12.9. The van der Waals surface area contributed by atoms with Crippen molar-refractivity contribution in [1.29, 1.82) is 0 Å². The smallest absolute Gasteiger partial charge is 0.306 e. The molecule has 0 radical (unpaired) electrons. The summed E-state index contributed by atoms with van der Waals surface area (Å²) in [4.78, 5) is 11.5. The fourth-order valence-corrected chi connectivity index (χ4v) is 7.06. The summed E-state index contributed by atoms with van der Waals surface area (Å²) in [5.74, 6) is 0.809. The van der Waals surface area contributed by atoms with Gasteiger partial charge in [0, 0.05) is 0 Å². The number of hydrogen-bond donors (Lipinski definition) is 1. The second kappa shape index (κ2) is 17.3. The third kappa shape index (κ3) is 9.58. The summed E-state index contributed by atoms with van der Waals surface area (Å²) in [7, 11) is 0. The number of carboxylic acids is 1. The third-order valence-corrected chi connectivity index (χ3v) is 9.70. The maximum absolute atomic E-state index is 11.5. The number of carboxylic acid groups (broad SMARTS) is 1. The molecule has 0 heterocycles. The summed E-state index contributed by atoms with van der Waals surface area (Å²) in [6.45, 7) is 4.36. The first-order valence-electron chi connectivity index (χ1n) is 17.1. The number of hydrogen-bond acceptors (Lipinski definition) is 1. The fraction of sp³-hybridized carbons (Fsp3) is 0.525. The lowest BCUT2D eigenvalue weighted by atomic mass is 9.77. The third-order valence-electron chi connectivity index (χ3n) is 9.70. The average molecular weight is 567 g/mol. The lowest BCUT2D eigenvalue weighted by Gasteiger charge is -2.29. The maximum atomic E-state index is 11.5. The molecule has 1 fully saturated rings. The number of aryl methyl sites for hydroxylation is 1. The highest BCUT2D eigenvalue weighted by Crippen LogP contribution is 2.39. The molecule has 2 heteroatoms. The molecule has 0 amide bonds. The van der Waals surface area contributed by atoms with Crippen molar-refractivity contribution >= 4 is 5.97 Å². The van der Waals surface area contributed by atoms with E-state index in [1.807, 2.05) is 0 Å². The Labute approximate surface area is 256 Å². The monoisotopic (exact) mass is 566 g/mol. The first-order valence-corrected chi connectivity index (χ1v) is 17.1. The predicted octanol–water partition coefficient (Wildman–Crippen LogP) is 11.9. The van der Waals surface area contributed by atoms with Crippen molar-refractivity contribution in [2.24, 2.45) is 11.8 Å². The van der Waals surface area contributed by atoms with Crippen LogP contribution >= 0.6 is 0 Å². The molecule has 0 aromatic heterocycles. The molecule has 3 aromatic carbocycles. The van der Waals surface area contributed by atoms with Gasteiger partial charge in [0.15, 0.2) is 0 Å². The highest BCUT2D eigenvalue weighted by atomic mass is 16.4. The van der Waals surface area contributed by atoms with E-state index in [4.69, 9.17) is 0 Å². The Morgan fingerprint density at radius 2 is 1.29 bits per heavy atom. The van der Waals surface area contributed by atoms with Crippen LogP contribution in [0.4, 0.5) is 0 Å². The van der Waals surface area contributed by atoms with Crippen LogP contribution < -0.4 is 0 Å². The van der Waals surface area contributed by atoms with Gasteiger partial charge in [-0.1, -0.05) is 138 Å². The fourth-order valence-electron chi connectivity index (χ4n) is 7.06. The minimum atomic E-state index is -0.650. The standard InChI is InChI=1S/C40H54O2/c1-3-5-6-7-8-9-14-31-19-23-33(24-20-31)34-27-29-36(30-28-34)39-18-11-10-17-38(39)35-25-21-32(22-26-35)15-12-16-37(13-4-2)40(41)42/h10-11,17-18,21-22,25-31,33,37H,3-9,12-16,19-20,23-24H2,1-2H3,(H,41,42)/t31-,33-,37?. The minimum Gasteiger partial charge on any atom is -0.481 e. The normalized spacial score (nSPS) is 17.7. The Hall–Kier alpha value is -2.87. The van der Waals surface area contributed by atoms with Crippen LogP contribution in [0.1, 0.15) is 127 Å². The van der Waals surface area contributed by atoms with Gasteiger partial charge in [0.1, 0.15) is 0 Å². The summed E-state index contributed by atoms with van der Waals surface area (Å²) in [6.07, 6.45) is 19.7. The van der Waals surface area contributed by atoms with E-state index in [2.05, 4.69) is 86.6 Å². The topological polar surface area (TPSA) is 37.3 Å². The first kappa shape index (κ1) is 32.1. The number of benzene rings is 3. The van der Waals surface area contributed by atoms with Gasteiger partial charge in [-0.3, -0.25) is 4.79 Å². The Kier molecular flexibility index (Phi) is 13.2. The lowest BCUT2D eigenvalue weighted by molar-refractivity contribution is -0.142. The molecule has 226 valence electrons. The molecule has 0 spiro atoms. The molecule has 1 aliphatic rings. The molecule has 1 atom stereocenters. The van der Waals surface area contributed by atoms with Gasteiger partial charge in [-0.05, 0) is 96.6 Å². The largest absolute Gasteiger partial charge is 0.481 e. The van der Waals surface area contributed by atoms with E-state index in [-0.39, 0.29) is 5.92 Å². The van der Waals surface area contributed by atoms with Gasteiger partial charge in [0.25, 0.3) is 0 Å². The van der Waals surface area contributed by atoms with Crippen LogP contribution in [0.25, 0.3) is 22.3 Å². The number of aliphatic carboxylic acids is 1. The molecular formula is C40H54O2. The van der Waals surface area contributed by atoms with Gasteiger partial charge >= 0.3 is 5.97 Å². The first-order chi connectivity index (χ1) is 20.6. The molecule has 0 bridgehead atoms. The van der Waals surface area contributed by atoms with E-state index in [1.54, 1.807) is 0 Å². The Balaban J connectivity index is 1.31. The van der Waals surface area contributed by atoms with E-state index in [0.29, 0.717) is 0 Å². The van der Waals surface area contributed by atoms with Crippen molar-refractivity contribution in [2.45, 2.75) is 122 Å². The molecule has 1 N–H and O–H groups in total. The number of rotatable bonds is 17. The summed E-state index contributed by atoms with van der Waals surface area (Å²) in [5, 5.41) is 9.43. The van der Waals surface area contributed by atoms with E-state index in [0.717, 1.165) is 43.9 Å². The van der Waals surface area contributed by atoms with Gasteiger partial charge in [-0.15, -0.1) is 0 Å². The van der Waals surface area contributed by atoms with E-state index in [9.17, 15) is 9.90 Å². The van der Waals surface area contributed by atoms with Crippen LogP contribution in [0.15, 0.2) is 72.8 Å². The van der Waals surface area contributed by atoms with Crippen molar-refractivity contribution in [3.63, 3.8) is 0 Å². The maximum Gasteiger partial charge on any atom is 0.306 e. The summed E-state index contributed by atoms with van der Waals surface area (Å²) in [5.41, 5.74) is 7.86. The second-order valence-electron chi connectivity index (χ2n) is 12.9. The number of carbonyl (C=O) groups is 1.